The molecule has 0 radical (unpaired) electrons. The smallest absolute Gasteiger partial charge is 0.303 e. The molecule has 1 heterocycles. The summed E-state index contributed by atoms with van der Waals surface area (Å²) in [7, 11) is 1.63. The summed E-state index contributed by atoms with van der Waals surface area (Å²) in [6.45, 7) is 7.85. The van der Waals surface area contributed by atoms with Crippen molar-refractivity contribution in [2.24, 2.45) is 0 Å². The van der Waals surface area contributed by atoms with Gasteiger partial charge in [0.05, 0.1) is 7.11 Å². The van der Waals surface area contributed by atoms with Crippen molar-refractivity contribution in [3.8, 4) is 17.2 Å². The monoisotopic (exact) mass is 518 g/mol. The topological polar surface area (TPSA) is 93.1 Å². The first-order chi connectivity index (χ1) is 18.0. The summed E-state index contributed by atoms with van der Waals surface area (Å²) in [5.74, 6) is 1.27. The Morgan fingerprint density at radius 1 is 1.00 bits per heavy atom. The molecule has 202 valence electrons. The van der Waals surface area contributed by atoms with Crippen LogP contribution in [0.15, 0.2) is 54.6 Å². The largest absolute Gasteiger partial charge is 0.508 e. The van der Waals surface area contributed by atoms with Gasteiger partial charge in [-0.05, 0) is 92.5 Å². The van der Waals surface area contributed by atoms with Crippen LogP contribution in [0, 0.1) is 13.8 Å². The third-order valence-corrected chi connectivity index (χ3v) is 7.24. The molecular weight excluding hydrogens is 480 g/mol. The number of carboxylic acids is 1. The Labute approximate surface area is 225 Å². The van der Waals surface area contributed by atoms with E-state index in [2.05, 4.69) is 6.92 Å². The summed E-state index contributed by atoms with van der Waals surface area (Å²) in [6.07, 6.45) is 3.61. The number of ketones is 1. The lowest BCUT2D eigenvalue weighted by molar-refractivity contribution is -0.138. The van der Waals surface area contributed by atoms with Gasteiger partial charge >= 0.3 is 5.97 Å². The average Bonchev–Trinajstić information content (AvgIpc) is 2.92. The van der Waals surface area contributed by atoms with Gasteiger partial charge in [0.2, 0.25) is 0 Å². The SMILES string of the molecule is CCc1ccc(C(=O)Cc2ccc(OC)cc2)cc1.Cc1c(O)cc2c(c1C)OC(C)(CCC(=O)O)CC2. The lowest BCUT2D eigenvalue weighted by atomic mass is 9.87. The Bertz CT molecular complexity index is 1260. The number of aliphatic carboxylic acids is 1. The minimum absolute atomic E-state index is 0.113. The summed E-state index contributed by atoms with van der Waals surface area (Å²) >= 11 is 0. The lowest BCUT2D eigenvalue weighted by Gasteiger charge is -2.37. The predicted molar refractivity (Wildman–Crippen MR) is 149 cm³/mol. The van der Waals surface area contributed by atoms with Crippen LogP contribution < -0.4 is 9.47 Å². The van der Waals surface area contributed by atoms with Gasteiger partial charge in [0, 0.05) is 18.4 Å². The molecule has 0 aliphatic carbocycles. The van der Waals surface area contributed by atoms with Gasteiger partial charge in [-0.25, -0.2) is 0 Å². The highest BCUT2D eigenvalue weighted by atomic mass is 16.5. The number of hydrogen-bond donors (Lipinski definition) is 2. The Morgan fingerprint density at radius 3 is 2.21 bits per heavy atom. The van der Waals surface area contributed by atoms with Crippen LogP contribution in [0.5, 0.6) is 17.2 Å². The zero-order valence-corrected chi connectivity index (χ0v) is 23.0. The van der Waals surface area contributed by atoms with Crippen molar-refractivity contribution in [2.75, 3.05) is 7.11 Å². The van der Waals surface area contributed by atoms with E-state index in [-0.39, 0.29) is 12.2 Å². The van der Waals surface area contributed by atoms with Crippen molar-refractivity contribution in [1.82, 2.24) is 0 Å². The summed E-state index contributed by atoms with van der Waals surface area (Å²) in [5.41, 5.74) is 5.37. The maximum absolute atomic E-state index is 12.1. The van der Waals surface area contributed by atoms with Crippen molar-refractivity contribution in [1.29, 1.82) is 0 Å². The van der Waals surface area contributed by atoms with Crippen LogP contribution in [0.2, 0.25) is 0 Å². The summed E-state index contributed by atoms with van der Waals surface area (Å²) < 4.78 is 11.2. The fourth-order valence-electron chi connectivity index (χ4n) is 4.47. The highest BCUT2D eigenvalue weighted by Gasteiger charge is 2.33. The number of ether oxygens (including phenoxy) is 2. The van der Waals surface area contributed by atoms with Crippen molar-refractivity contribution < 1.29 is 29.3 Å². The summed E-state index contributed by atoms with van der Waals surface area (Å²) in [4.78, 5) is 22.8. The number of phenols is 1. The number of methoxy groups -OCH3 is 1. The number of carbonyl (C=O) groups excluding carboxylic acids is 1. The molecule has 1 aliphatic rings. The fourth-order valence-corrected chi connectivity index (χ4v) is 4.47. The maximum Gasteiger partial charge on any atom is 0.303 e. The minimum atomic E-state index is -0.797. The predicted octanol–water partition coefficient (Wildman–Crippen LogP) is 6.64. The van der Waals surface area contributed by atoms with E-state index >= 15 is 0 Å². The first-order valence-corrected chi connectivity index (χ1v) is 13.0. The minimum Gasteiger partial charge on any atom is -0.508 e. The van der Waals surface area contributed by atoms with Gasteiger partial charge in [-0.2, -0.15) is 0 Å². The molecule has 0 aromatic heterocycles. The van der Waals surface area contributed by atoms with E-state index in [0.29, 0.717) is 18.6 Å². The molecule has 2 N–H and O–H groups in total. The van der Waals surface area contributed by atoms with Gasteiger partial charge in [-0.1, -0.05) is 43.3 Å². The Kier molecular flexibility index (Phi) is 9.56. The molecule has 1 unspecified atom stereocenters. The molecule has 6 nitrogen and oxygen atoms in total. The quantitative estimate of drug-likeness (QED) is 0.325. The molecule has 0 saturated carbocycles. The number of carboxylic acid groups (broad SMARTS) is 1. The number of fused-ring (bicyclic) bond motifs is 1. The second-order valence-electron chi connectivity index (χ2n) is 10.1. The van der Waals surface area contributed by atoms with Crippen LogP contribution >= 0.6 is 0 Å². The third-order valence-electron chi connectivity index (χ3n) is 7.24. The molecule has 38 heavy (non-hydrogen) atoms. The fraction of sp³-hybridized carbons (Fsp3) is 0.375. The summed E-state index contributed by atoms with van der Waals surface area (Å²) in [5, 5.41) is 18.6. The van der Waals surface area contributed by atoms with Gasteiger partial charge in [0.1, 0.15) is 22.8 Å². The number of Topliss-reactive ketones (excluding diaryl/α,β-unsaturated/α-hetero) is 1. The molecule has 1 atom stereocenters. The molecule has 0 fully saturated rings. The van der Waals surface area contributed by atoms with E-state index in [0.717, 1.165) is 58.6 Å². The third kappa shape index (κ3) is 7.37. The number of hydrogen-bond acceptors (Lipinski definition) is 5. The Hall–Kier alpha value is -3.80. The molecule has 1 aliphatic heterocycles. The second-order valence-corrected chi connectivity index (χ2v) is 10.1. The molecular formula is C32H38O6. The number of aromatic hydroxyl groups is 1. The molecule has 0 saturated heterocycles. The van der Waals surface area contributed by atoms with Crippen molar-refractivity contribution in [3.63, 3.8) is 0 Å². The van der Waals surface area contributed by atoms with Crippen LogP contribution in [-0.4, -0.2) is 34.7 Å². The van der Waals surface area contributed by atoms with Gasteiger partial charge in [-0.3, -0.25) is 9.59 Å². The first kappa shape index (κ1) is 28.8. The van der Waals surface area contributed by atoms with Gasteiger partial charge < -0.3 is 19.7 Å². The van der Waals surface area contributed by atoms with Crippen molar-refractivity contribution in [2.45, 2.75) is 71.8 Å². The molecule has 3 aromatic carbocycles. The molecule has 3 aromatic rings. The van der Waals surface area contributed by atoms with Crippen molar-refractivity contribution in [3.05, 3.63) is 88.0 Å². The zero-order valence-electron chi connectivity index (χ0n) is 23.0. The average molecular weight is 519 g/mol. The van der Waals surface area contributed by atoms with Crippen LogP contribution in [-0.2, 0) is 24.1 Å². The normalized spacial score (nSPS) is 15.9. The Morgan fingerprint density at radius 2 is 1.63 bits per heavy atom. The number of carbonyl (C=O) groups is 2. The number of benzene rings is 3. The van der Waals surface area contributed by atoms with Crippen LogP contribution in [0.3, 0.4) is 0 Å². The number of aryl methyl sites for hydroxylation is 2. The number of rotatable bonds is 8. The van der Waals surface area contributed by atoms with E-state index in [1.165, 1.54) is 5.56 Å². The molecule has 0 amide bonds. The lowest BCUT2D eigenvalue weighted by Crippen LogP contribution is -2.37. The zero-order chi connectivity index (χ0) is 27.9. The summed E-state index contributed by atoms with van der Waals surface area (Å²) in [6, 6.07) is 17.2. The second kappa shape index (κ2) is 12.6. The molecule has 6 heteroatoms. The molecule has 0 bridgehead atoms. The van der Waals surface area contributed by atoms with E-state index in [1.807, 2.05) is 69.3 Å². The van der Waals surface area contributed by atoms with E-state index in [4.69, 9.17) is 14.6 Å². The maximum atomic E-state index is 12.1. The van der Waals surface area contributed by atoms with Crippen LogP contribution in [0.1, 0.15) is 71.3 Å². The highest BCUT2D eigenvalue weighted by Crippen LogP contribution is 2.41. The van der Waals surface area contributed by atoms with Crippen LogP contribution in [0.4, 0.5) is 0 Å². The molecule has 0 spiro atoms. The van der Waals surface area contributed by atoms with E-state index in [9.17, 15) is 14.7 Å². The molecule has 4 rings (SSSR count). The van der Waals surface area contributed by atoms with Gasteiger partial charge in [0.25, 0.3) is 0 Å². The highest BCUT2D eigenvalue weighted by molar-refractivity contribution is 5.97. The van der Waals surface area contributed by atoms with Gasteiger partial charge in [0.15, 0.2) is 5.78 Å². The van der Waals surface area contributed by atoms with Crippen LogP contribution in [0.25, 0.3) is 0 Å². The first-order valence-electron chi connectivity index (χ1n) is 13.0. The van der Waals surface area contributed by atoms with Crippen molar-refractivity contribution >= 4 is 11.8 Å². The standard InChI is InChI=1S/C17H18O2.C15H20O4/c1-3-13-4-8-15(9-5-13)17(18)12-14-6-10-16(19-2)11-7-14;1-9-10(2)14-11(8-12(9)16)4-6-15(3,19-14)7-5-13(17)18/h4-11H,3,12H2,1-2H3;8,16H,4-7H2,1-3H3,(H,17,18). The van der Waals surface area contributed by atoms with E-state index in [1.54, 1.807) is 13.2 Å². The Balaban J connectivity index is 0.000000211. The van der Waals surface area contributed by atoms with E-state index < -0.39 is 11.6 Å². The number of phenolic OH excluding ortho intramolecular Hbond substituents is 1. The van der Waals surface area contributed by atoms with Gasteiger partial charge in [-0.15, -0.1) is 0 Å².